The lowest BCUT2D eigenvalue weighted by atomic mass is 10.3. The Kier molecular flexibility index (Phi) is 8.20. The highest BCUT2D eigenvalue weighted by molar-refractivity contribution is 6.36. The molecule has 100 valence electrons. The molecule has 0 saturated heterocycles. The van der Waals surface area contributed by atoms with Gasteiger partial charge in [-0.3, -0.25) is 14.4 Å². The summed E-state index contributed by atoms with van der Waals surface area (Å²) in [5.41, 5.74) is 0. The summed E-state index contributed by atoms with van der Waals surface area (Å²) in [4.78, 5) is 58.3. The molecule has 0 fully saturated rings. The molecule has 0 aromatic carbocycles. The molecule has 0 rings (SSSR count). The van der Waals surface area contributed by atoms with Gasteiger partial charge in [-0.05, 0) is 0 Å². The Bertz CT molecular complexity index is 355. The fourth-order valence-corrected chi connectivity index (χ4v) is 0.420. The third-order valence-electron chi connectivity index (χ3n) is 1.09. The predicted molar refractivity (Wildman–Crippen MR) is 47.2 cm³/mol. The summed E-state index contributed by atoms with van der Waals surface area (Å²) in [6.45, 7) is 0. The molecule has 0 aliphatic heterocycles. The average Bonchev–Trinajstić information content (AvgIpc) is 2.16. The van der Waals surface area contributed by atoms with Gasteiger partial charge in [-0.2, -0.15) is 0 Å². The zero-order chi connectivity index (χ0) is 14.9. The Morgan fingerprint density at radius 2 is 1.06 bits per heavy atom. The van der Waals surface area contributed by atoms with Crippen LogP contribution in [0.15, 0.2) is 0 Å². The average molecular weight is 263 g/mol. The number of carboxylic acid groups (broad SMARTS) is 4. The maximum absolute atomic E-state index is 9.97. The second-order valence-electron chi connectivity index (χ2n) is 2.58. The molecule has 0 aliphatic rings. The largest absolute Gasteiger partial charge is 0.550 e. The lowest BCUT2D eigenvalue weighted by Crippen LogP contribution is -2.28. The minimum Gasteiger partial charge on any atom is -0.550 e. The summed E-state index contributed by atoms with van der Waals surface area (Å²) in [6, 6.07) is 0. The highest BCUT2D eigenvalue weighted by atomic mass is 16.4. The summed E-state index contributed by atoms with van der Waals surface area (Å²) in [7, 11) is 0. The summed E-state index contributed by atoms with van der Waals surface area (Å²) in [6.07, 6.45) is -2.01. The number of ketones is 2. The van der Waals surface area contributed by atoms with Crippen molar-refractivity contribution in [2.75, 3.05) is 0 Å². The van der Waals surface area contributed by atoms with Gasteiger partial charge in [-0.25, -0.2) is 9.59 Å². The molecule has 18 heavy (non-hydrogen) atoms. The fourth-order valence-electron chi connectivity index (χ4n) is 0.420. The first-order valence-corrected chi connectivity index (χ1v) is 4.01. The van der Waals surface area contributed by atoms with Gasteiger partial charge < -0.3 is 25.2 Å². The van der Waals surface area contributed by atoms with Crippen LogP contribution in [0.4, 0.5) is 0 Å². The second-order valence-corrected chi connectivity index (χ2v) is 2.58. The van der Waals surface area contributed by atoms with E-state index < -0.39 is 48.3 Å². The van der Waals surface area contributed by atoms with Gasteiger partial charge in [0.05, 0.1) is 6.42 Å². The molecule has 0 spiro atoms. The van der Waals surface area contributed by atoms with E-state index in [-0.39, 0.29) is 0 Å². The van der Waals surface area contributed by atoms with Gasteiger partial charge in [0.15, 0.2) is 0 Å². The van der Waals surface area contributed by atoms with E-state index >= 15 is 0 Å². The fraction of sp³-hybridized carbons (Fsp3) is 0.250. The molecule has 0 aromatic heterocycles. The Morgan fingerprint density at radius 3 is 1.17 bits per heavy atom. The molecule has 0 saturated carbocycles. The smallest absolute Gasteiger partial charge is 0.372 e. The molecule has 3 N–H and O–H groups in total. The molecule has 0 heterocycles. The SMILES string of the molecule is O=C(O)CC(=O)C(=O)O.O=C([O-])CC(=O)C(=O)O. The van der Waals surface area contributed by atoms with Crippen molar-refractivity contribution in [2.24, 2.45) is 0 Å². The number of carboxylic acids is 4. The molecule has 0 radical (unpaired) electrons. The van der Waals surface area contributed by atoms with Gasteiger partial charge >= 0.3 is 17.9 Å². The first kappa shape index (κ1) is 17.6. The van der Waals surface area contributed by atoms with Crippen LogP contribution < -0.4 is 5.11 Å². The first-order valence-electron chi connectivity index (χ1n) is 4.01. The molecular formula is C8H7O10-. The minimum absolute atomic E-state index is 0.949. The van der Waals surface area contributed by atoms with E-state index in [1.807, 2.05) is 0 Å². The van der Waals surface area contributed by atoms with E-state index in [0.29, 0.717) is 0 Å². The Labute approximate surface area is 98.4 Å². The van der Waals surface area contributed by atoms with Crippen LogP contribution in [0.5, 0.6) is 0 Å². The third kappa shape index (κ3) is 11.3. The second kappa shape index (κ2) is 8.38. The van der Waals surface area contributed by atoms with E-state index in [0.717, 1.165) is 0 Å². The molecule has 10 heteroatoms. The van der Waals surface area contributed by atoms with Crippen molar-refractivity contribution in [3.63, 3.8) is 0 Å². The highest BCUT2D eigenvalue weighted by Crippen LogP contribution is 1.81. The Balaban J connectivity index is 0. The van der Waals surface area contributed by atoms with Crippen molar-refractivity contribution in [3.8, 4) is 0 Å². The van der Waals surface area contributed by atoms with E-state index in [2.05, 4.69) is 0 Å². The van der Waals surface area contributed by atoms with Crippen molar-refractivity contribution >= 4 is 35.4 Å². The molecular weight excluding hydrogens is 256 g/mol. The summed E-state index contributed by atoms with van der Waals surface area (Å²) in [5.74, 6) is -9.24. The summed E-state index contributed by atoms with van der Waals surface area (Å²) in [5, 5.41) is 33.0. The Morgan fingerprint density at radius 1 is 0.722 bits per heavy atom. The Hall–Kier alpha value is -2.78. The van der Waals surface area contributed by atoms with Crippen LogP contribution in [-0.2, 0) is 28.8 Å². The number of rotatable bonds is 6. The molecule has 0 amide bonds. The number of aliphatic carboxylic acids is 4. The van der Waals surface area contributed by atoms with Crippen molar-refractivity contribution < 1.29 is 49.2 Å². The zero-order valence-electron chi connectivity index (χ0n) is 8.61. The number of hydrogen-bond donors (Lipinski definition) is 3. The minimum atomic E-state index is -1.75. The van der Waals surface area contributed by atoms with Crippen molar-refractivity contribution in [1.82, 2.24) is 0 Å². The molecule has 0 aromatic rings. The third-order valence-corrected chi connectivity index (χ3v) is 1.09. The first-order chi connectivity index (χ1) is 8.07. The van der Waals surface area contributed by atoms with E-state index in [1.165, 1.54) is 0 Å². The van der Waals surface area contributed by atoms with E-state index in [9.17, 15) is 33.9 Å². The van der Waals surface area contributed by atoms with Gasteiger partial charge in [0.25, 0.3) is 5.78 Å². The van der Waals surface area contributed by atoms with E-state index in [1.54, 1.807) is 0 Å². The highest BCUT2D eigenvalue weighted by Gasteiger charge is 2.14. The van der Waals surface area contributed by atoms with Gasteiger partial charge in [0, 0.05) is 5.97 Å². The lowest BCUT2D eigenvalue weighted by Gasteiger charge is -1.94. The maximum atomic E-state index is 9.97. The van der Waals surface area contributed by atoms with Gasteiger partial charge in [0.1, 0.15) is 6.42 Å². The van der Waals surface area contributed by atoms with Crippen LogP contribution in [0.3, 0.4) is 0 Å². The number of carbonyl (C=O) groups is 6. The monoisotopic (exact) mass is 263 g/mol. The summed E-state index contributed by atoms with van der Waals surface area (Å²) < 4.78 is 0. The van der Waals surface area contributed by atoms with Gasteiger partial charge in [0.2, 0.25) is 5.78 Å². The van der Waals surface area contributed by atoms with Crippen LogP contribution in [-0.4, -0.2) is 50.8 Å². The summed E-state index contributed by atoms with van der Waals surface area (Å²) >= 11 is 0. The normalized spacial score (nSPS) is 8.44. The van der Waals surface area contributed by atoms with Crippen LogP contribution >= 0.6 is 0 Å². The van der Waals surface area contributed by atoms with Crippen LogP contribution in [0.2, 0.25) is 0 Å². The van der Waals surface area contributed by atoms with Gasteiger partial charge in [-0.1, -0.05) is 0 Å². The topological polar surface area (TPSA) is 186 Å². The van der Waals surface area contributed by atoms with Crippen LogP contribution in [0.1, 0.15) is 12.8 Å². The molecule has 0 unspecified atom stereocenters. The number of carbonyl (C=O) groups excluding carboxylic acids is 3. The number of hydrogen-bond acceptors (Lipinski definition) is 7. The zero-order valence-corrected chi connectivity index (χ0v) is 8.61. The standard InChI is InChI=1S/2C4H4O5/c2*5-2(4(8)9)1-3(6)7/h2*1H2,(H,6,7)(H,8,9)/p-1. The molecule has 0 aliphatic carbocycles. The quantitative estimate of drug-likeness (QED) is 0.327. The predicted octanol–water partition coefficient (Wildman–Crippen LogP) is -3.11. The van der Waals surface area contributed by atoms with Crippen molar-refractivity contribution in [3.05, 3.63) is 0 Å². The lowest BCUT2D eigenvalue weighted by molar-refractivity contribution is -0.304. The van der Waals surface area contributed by atoms with Crippen LogP contribution in [0, 0.1) is 0 Å². The van der Waals surface area contributed by atoms with Gasteiger partial charge in [-0.15, -0.1) is 0 Å². The molecule has 10 nitrogen and oxygen atoms in total. The van der Waals surface area contributed by atoms with Crippen molar-refractivity contribution in [2.45, 2.75) is 12.8 Å². The molecule has 0 atom stereocenters. The molecule has 0 bridgehead atoms. The van der Waals surface area contributed by atoms with Crippen LogP contribution in [0.25, 0.3) is 0 Å². The van der Waals surface area contributed by atoms with E-state index in [4.69, 9.17) is 15.3 Å². The van der Waals surface area contributed by atoms with Crippen molar-refractivity contribution in [1.29, 1.82) is 0 Å². The maximum Gasteiger partial charge on any atom is 0.372 e. The number of Topliss-reactive ketones (excluding diaryl/α,β-unsaturated/α-hetero) is 2.